The first kappa shape index (κ1) is 17.4. The second kappa shape index (κ2) is 7.32. The number of hydrogen-bond donors (Lipinski definition) is 2. The van der Waals surface area contributed by atoms with Crippen molar-refractivity contribution in [2.75, 3.05) is 5.32 Å². The van der Waals surface area contributed by atoms with Crippen LogP contribution in [0.3, 0.4) is 0 Å². The molecule has 3 N–H and O–H groups in total. The van der Waals surface area contributed by atoms with Gasteiger partial charge in [-0.2, -0.15) is 4.98 Å². The number of aromatic nitrogens is 2. The van der Waals surface area contributed by atoms with Crippen molar-refractivity contribution in [3.8, 4) is 0 Å². The third kappa shape index (κ3) is 3.48. The topological polar surface area (TPSA) is 63.8 Å². The molecule has 3 aromatic rings. The van der Waals surface area contributed by atoms with E-state index in [1.165, 1.54) is 9.75 Å². The van der Waals surface area contributed by atoms with Gasteiger partial charge in [0.2, 0.25) is 5.28 Å². The number of hydrogen-bond acceptors (Lipinski definition) is 6. The molecule has 0 amide bonds. The van der Waals surface area contributed by atoms with Gasteiger partial charge in [-0.15, -0.1) is 22.7 Å². The lowest BCUT2D eigenvalue weighted by atomic mass is 9.88. The van der Waals surface area contributed by atoms with Crippen LogP contribution in [0.5, 0.6) is 0 Å². The Bertz CT molecular complexity index is 923. The number of nitrogens with two attached hydrogens (primary N) is 1. The second-order valence-corrected chi connectivity index (χ2v) is 9.16. The molecule has 1 aliphatic rings. The molecule has 8 heteroatoms. The van der Waals surface area contributed by atoms with Crippen molar-refractivity contribution in [3.05, 3.63) is 49.2 Å². The van der Waals surface area contributed by atoms with Crippen LogP contribution in [-0.4, -0.2) is 16.0 Å². The number of rotatable bonds is 4. The summed E-state index contributed by atoms with van der Waals surface area (Å²) in [5.41, 5.74) is 7.21. The normalized spacial score (nSPS) is 20.3. The van der Waals surface area contributed by atoms with Crippen molar-refractivity contribution < 1.29 is 0 Å². The van der Waals surface area contributed by atoms with E-state index >= 15 is 0 Å². The van der Waals surface area contributed by atoms with Crippen LogP contribution in [0.25, 0.3) is 10.2 Å². The van der Waals surface area contributed by atoms with Gasteiger partial charge in [0, 0.05) is 21.7 Å². The minimum atomic E-state index is 0.125. The molecule has 0 aliphatic heterocycles. The van der Waals surface area contributed by atoms with E-state index in [9.17, 15) is 0 Å². The Hall–Kier alpha value is -0.990. The molecule has 0 unspecified atom stereocenters. The van der Waals surface area contributed by atoms with Crippen molar-refractivity contribution in [2.45, 2.75) is 31.3 Å². The van der Waals surface area contributed by atoms with E-state index in [2.05, 4.69) is 54.8 Å². The second-order valence-electron chi connectivity index (χ2n) is 5.95. The summed E-state index contributed by atoms with van der Waals surface area (Å²) in [6.45, 7) is 0.719. The highest BCUT2D eigenvalue weighted by atomic mass is 79.9. The molecular weight excluding hydrogens is 440 g/mol. The maximum Gasteiger partial charge on any atom is 0.225 e. The van der Waals surface area contributed by atoms with E-state index in [4.69, 9.17) is 17.3 Å². The summed E-state index contributed by atoms with van der Waals surface area (Å²) in [6, 6.07) is 4.27. The van der Waals surface area contributed by atoms with Gasteiger partial charge in [0.25, 0.3) is 0 Å². The van der Waals surface area contributed by atoms with Gasteiger partial charge in [0.15, 0.2) is 0 Å². The maximum atomic E-state index is 6.35. The highest BCUT2D eigenvalue weighted by molar-refractivity contribution is 9.10. The van der Waals surface area contributed by atoms with Crippen LogP contribution in [0.1, 0.15) is 28.5 Å². The Morgan fingerprint density at radius 1 is 1.32 bits per heavy atom. The molecule has 4 rings (SSSR count). The van der Waals surface area contributed by atoms with Gasteiger partial charge in [-0.25, -0.2) is 4.98 Å². The summed E-state index contributed by atoms with van der Waals surface area (Å²) < 4.78 is 2.01. The van der Waals surface area contributed by atoms with E-state index in [-0.39, 0.29) is 11.3 Å². The van der Waals surface area contributed by atoms with Crippen LogP contribution in [-0.2, 0) is 6.54 Å². The molecule has 0 spiro atoms. The van der Waals surface area contributed by atoms with Crippen LogP contribution in [0.15, 0.2) is 34.1 Å². The third-order valence-electron chi connectivity index (χ3n) is 4.30. The van der Waals surface area contributed by atoms with Crippen molar-refractivity contribution in [3.63, 3.8) is 0 Å². The standard InChI is InChI=1S/C17H16BrClN4S2/c18-12-13-15(25-14(12)10-5-1-2-6-11(10)20)16(23-17(19)22-13)21-8-9-4-3-7-24-9/h1-4,7,10-11H,5-6,8,20H2,(H,21,22,23)/t10-,11-/m1/s1. The number of anilines is 1. The molecule has 0 radical (unpaired) electrons. The SMILES string of the molecule is N[C@@H]1CC=CC[C@H]1c1sc2c(NCc3cccs3)nc(Cl)nc2c1Br. The smallest absolute Gasteiger partial charge is 0.225 e. The Kier molecular flexibility index (Phi) is 5.11. The van der Waals surface area contributed by atoms with Gasteiger partial charge in [-0.05, 0) is 51.8 Å². The molecule has 0 fully saturated rings. The quantitative estimate of drug-likeness (QED) is 0.400. The van der Waals surface area contributed by atoms with Crippen LogP contribution in [0.2, 0.25) is 5.28 Å². The highest BCUT2D eigenvalue weighted by Crippen LogP contribution is 2.45. The fourth-order valence-corrected chi connectivity index (χ4v) is 6.08. The van der Waals surface area contributed by atoms with Gasteiger partial charge in [0.1, 0.15) is 11.3 Å². The summed E-state index contributed by atoms with van der Waals surface area (Å²) in [4.78, 5) is 11.3. The zero-order chi connectivity index (χ0) is 17.4. The summed E-state index contributed by atoms with van der Waals surface area (Å²) >= 11 is 13.3. The molecule has 0 saturated carbocycles. The van der Waals surface area contributed by atoms with Crippen LogP contribution in [0.4, 0.5) is 5.82 Å². The number of halogens is 2. The predicted octanol–water partition coefficient (Wildman–Crippen LogP) is 5.54. The average molecular weight is 456 g/mol. The van der Waals surface area contributed by atoms with Crippen LogP contribution in [0, 0.1) is 0 Å². The average Bonchev–Trinajstić information content (AvgIpc) is 3.22. The van der Waals surface area contributed by atoms with Crippen LogP contribution < -0.4 is 11.1 Å². The molecule has 2 atom stereocenters. The summed E-state index contributed by atoms with van der Waals surface area (Å²) in [5.74, 6) is 1.07. The van der Waals surface area contributed by atoms with Crippen molar-refractivity contribution >= 4 is 66.2 Å². The number of nitrogens with zero attached hydrogens (tertiary/aromatic N) is 2. The molecular formula is C17H16BrClN4S2. The lowest BCUT2D eigenvalue weighted by Crippen LogP contribution is -2.29. The van der Waals surface area contributed by atoms with E-state index in [0.717, 1.165) is 39.9 Å². The zero-order valence-electron chi connectivity index (χ0n) is 13.2. The van der Waals surface area contributed by atoms with Gasteiger partial charge < -0.3 is 11.1 Å². The van der Waals surface area contributed by atoms with Gasteiger partial charge in [0.05, 0.1) is 15.7 Å². The van der Waals surface area contributed by atoms with Crippen LogP contribution >= 0.6 is 50.2 Å². The van der Waals surface area contributed by atoms with Gasteiger partial charge >= 0.3 is 0 Å². The predicted molar refractivity (Wildman–Crippen MR) is 111 cm³/mol. The monoisotopic (exact) mass is 454 g/mol. The summed E-state index contributed by atoms with van der Waals surface area (Å²) in [7, 11) is 0. The molecule has 0 saturated heterocycles. The number of fused-ring (bicyclic) bond motifs is 1. The molecule has 3 aromatic heterocycles. The van der Waals surface area contributed by atoms with Gasteiger partial charge in [-0.1, -0.05) is 18.2 Å². The first-order valence-corrected chi connectivity index (χ1v) is 10.8. The first-order chi connectivity index (χ1) is 12.1. The molecule has 4 nitrogen and oxygen atoms in total. The number of nitrogens with one attached hydrogen (secondary N) is 1. The van der Waals surface area contributed by atoms with Crippen molar-refractivity contribution in [2.24, 2.45) is 5.73 Å². The van der Waals surface area contributed by atoms with E-state index in [1.54, 1.807) is 22.7 Å². The fourth-order valence-electron chi connectivity index (χ4n) is 3.02. The molecule has 0 bridgehead atoms. The maximum absolute atomic E-state index is 6.35. The van der Waals surface area contributed by atoms with E-state index in [1.807, 2.05) is 6.07 Å². The molecule has 25 heavy (non-hydrogen) atoms. The third-order valence-corrected chi connectivity index (χ3v) is 7.73. The summed E-state index contributed by atoms with van der Waals surface area (Å²) in [6.07, 6.45) is 6.22. The Morgan fingerprint density at radius 3 is 2.92 bits per heavy atom. The lowest BCUT2D eigenvalue weighted by Gasteiger charge is -2.24. The Morgan fingerprint density at radius 2 is 2.16 bits per heavy atom. The first-order valence-electron chi connectivity index (χ1n) is 7.95. The zero-order valence-corrected chi connectivity index (χ0v) is 17.2. The molecule has 130 valence electrons. The fraction of sp³-hybridized carbons (Fsp3) is 0.294. The van der Waals surface area contributed by atoms with Crippen molar-refractivity contribution in [1.29, 1.82) is 0 Å². The largest absolute Gasteiger partial charge is 0.364 e. The molecule has 0 aromatic carbocycles. The van der Waals surface area contributed by atoms with Gasteiger partial charge in [-0.3, -0.25) is 0 Å². The van der Waals surface area contributed by atoms with E-state index < -0.39 is 0 Å². The van der Waals surface area contributed by atoms with E-state index in [0.29, 0.717) is 5.92 Å². The van der Waals surface area contributed by atoms with Crippen molar-refractivity contribution in [1.82, 2.24) is 9.97 Å². The number of thiophene rings is 2. The molecule has 3 heterocycles. The lowest BCUT2D eigenvalue weighted by molar-refractivity contribution is 0.527. The Balaban J connectivity index is 1.73. The highest BCUT2D eigenvalue weighted by Gasteiger charge is 2.27. The molecule has 1 aliphatic carbocycles. The minimum absolute atomic E-state index is 0.125. The Labute approximate surface area is 167 Å². The minimum Gasteiger partial charge on any atom is -0.364 e. The summed E-state index contributed by atoms with van der Waals surface area (Å²) in [5, 5.41) is 5.72. The number of allylic oxidation sites excluding steroid dienone is 1.